The molecule has 0 amide bonds. The topological polar surface area (TPSA) is 58.6 Å². The SMILES string of the molecule is COCCN1CCC(CNS(=O)(=O)CC(C)C)CC1. The molecule has 1 heterocycles. The molecule has 0 spiro atoms. The maximum absolute atomic E-state index is 11.8. The van der Waals surface area contributed by atoms with Gasteiger partial charge in [0.05, 0.1) is 12.4 Å². The number of sulfonamides is 1. The number of hydrogen-bond acceptors (Lipinski definition) is 4. The number of methoxy groups -OCH3 is 1. The minimum absolute atomic E-state index is 0.174. The lowest BCUT2D eigenvalue weighted by molar-refractivity contribution is 0.121. The average Bonchev–Trinajstić information content (AvgIpc) is 2.34. The molecule has 1 saturated heterocycles. The predicted octanol–water partition coefficient (Wildman–Crippen LogP) is 0.920. The molecule has 1 aliphatic heterocycles. The van der Waals surface area contributed by atoms with E-state index in [1.807, 2.05) is 13.8 Å². The van der Waals surface area contributed by atoms with E-state index in [1.165, 1.54) is 0 Å². The van der Waals surface area contributed by atoms with E-state index in [0.29, 0.717) is 12.5 Å². The Kier molecular flexibility index (Phi) is 7.28. The summed E-state index contributed by atoms with van der Waals surface area (Å²) in [4.78, 5) is 2.38. The summed E-state index contributed by atoms with van der Waals surface area (Å²) >= 11 is 0. The molecule has 0 unspecified atom stereocenters. The predicted molar refractivity (Wildman–Crippen MR) is 77.7 cm³/mol. The van der Waals surface area contributed by atoms with E-state index < -0.39 is 10.0 Å². The fourth-order valence-electron chi connectivity index (χ4n) is 2.38. The van der Waals surface area contributed by atoms with Crippen LogP contribution in [0.4, 0.5) is 0 Å². The molecular formula is C13H28N2O3S. The molecule has 0 bridgehead atoms. The van der Waals surface area contributed by atoms with Crippen molar-refractivity contribution in [3.05, 3.63) is 0 Å². The molecule has 1 fully saturated rings. The third-order valence-corrected chi connectivity index (χ3v) is 5.18. The molecule has 0 aliphatic carbocycles. The van der Waals surface area contributed by atoms with Gasteiger partial charge in [-0.25, -0.2) is 13.1 Å². The first kappa shape index (κ1) is 16.9. The van der Waals surface area contributed by atoms with Crippen LogP contribution in [-0.4, -0.2) is 59.0 Å². The van der Waals surface area contributed by atoms with Gasteiger partial charge in [0.2, 0.25) is 10.0 Å². The monoisotopic (exact) mass is 292 g/mol. The summed E-state index contributed by atoms with van der Waals surface area (Å²) in [7, 11) is -1.37. The zero-order valence-electron chi connectivity index (χ0n) is 12.4. The van der Waals surface area contributed by atoms with Crippen LogP contribution in [0.25, 0.3) is 0 Å². The van der Waals surface area contributed by atoms with Gasteiger partial charge < -0.3 is 9.64 Å². The van der Waals surface area contributed by atoms with E-state index >= 15 is 0 Å². The number of nitrogens with one attached hydrogen (secondary N) is 1. The lowest BCUT2D eigenvalue weighted by Crippen LogP contribution is -2.40. The number of likely N-dealkylation sites (tertiary alicyclic amines) is 1. The fraction of sp³-hybridized carbons (Fsp3) is 1.00. The second kappa shape index (κ2) is 8.19. The molecule has 0 radical (unpaired) electrons. The number of nitrogens with zero attached hydrogens (tertiary/aromatic N) is 1. The Bertz CT molecular complexity index is 336. The standard InChI is InChI=1S/C13H28N2O3S/c1-12(2)11-19(16,17)14-10-13-4-6-15(7-5-13)8-9-18-3/h12-14H,4-11H2,1-3H3. The van der Waals surface area contributed by atoms with Crippen molar-refractivity contribution >= 4 is 10.0 Å². The highest BCUT2D eigenvalue weighted by atomic mass is 32.2. The molecule has 6 heteroatoms. The fourth-order valence-corrected chi connectivity index (χ4v) is 3.86. The summed E-state index contributed by atoms with van der Waals surface area (Å²) in [6, 6.07) is 0. The summed E-state index contributed by atoms with van der Waals surface area (Å²) < 4.78 is 31.3. The minimum atomic E-state index is -3.09. The second-order valence-corrected chi connectivity index (χ2v) is 7.65. The van der Waals surface area contributed by atoms with Gasteiger partial charge in [-0.2, -0.15) is 0 Å². The van der Waals surface area contributed by atoms with E-state index in [1.54, 1.807) is 7.11 Å². The molecule has 114 valence electrons. The molecule has 0 atom stereocenters. The Morgan fingerprint density at radius 3 is 2.47 bits per heavy atom. The minimum Gasteiger partial charge on any atom is -0.383 e. The van der Waals surface area contributed by atoms with Crippen LogP contribution in [0.3, 0.4) is 0 Å². The van der Waals surface area contributed by atoms with Crippen LogP contribution in [-0.2, 0) is 14.8 Å². The van der Waals surface area contributed by atoms with Crippen LogP contribution in [0.2, 0.25) is 0 Å². The molecular weight excluding hydrogens is 264 g/mol. The van der Waals surface area contributed by atoms with Crippen LogP contribution < -0.4 is 4.72 Å². The molecule has 1 aliphatic rings. The Balaban J connectivity index is 2.22. The Labute approximate surface area is 117 Å². The summed E-state index contributed by atoms with van der Waals surface area (Å²) in [5, 5.41) is 0. The van der Waals surface area contributed by atoms with Crippen molar-refractivity contribution in [3.63, 3.8) is 0 Å². The van der Waals surface area contributed by atoms with Gasteiger partial charge >= 0.3 is 0 Å². The van der Waals surface area contributed by atoms with Gasteiger partial charge in [-0.1, -0.05) is 13.8 Å². The van der Waals surface area contributed by atoms with Crippen molar-refractivity contribution in [2.75, 3.05) is 45.6 Å². The molecule has 1 rings (SSSR count). The molecule has 0 aromatic heterocycles. The Morgan fingerprint density at radius 1 is 1.32 bits per heavy atom. The first-order valence-electron chi connectivity index (χ1n) is 7.11. The van der Waals surface area contributed by atoms with Crippen molar-refractivity contribution < 1.29 is 13.2 Å². The highest BCUT2D eigenvalue weighted by Gasteiger charge is 2.21. The van der Waals surface area contributed by atoms with Gasteiger partial charge in [-0.05, 0) is 37.8 Å². The van der Waals surface area contributed by atoms with Gasteiger partial charge in [0.25, 0.3) is 0 Å². The van der Waals surface area contributed by atoms with Gasteiger partial charge in [-0.15, -0.1) is 0 Å². The molecule has 0 aromatic carbocycles. The van der Waals surface area contributed by atoms with Crippen molar-refractivity contribution in [2.45, 2.75) is 26.7 Å². The molecule has 5 nitrogen and oxygen atoms in total. The quantitative estimate of drug-likeness (QED) is 0.723. The van der Waals surface area contributed by atoms with Crippen molar-refractivity contribution in [3.8, 4) is 0 Å². The zero-order valence-corrected chi connectivity index (χ0v) is 13.2. The average molecular weight is 292 g/mol. The molecule has 0 aromatic rings. The first-order chi connectivity index (χ1) is 8.93. The maximum atomic E-state index is 11.8. The third kappa shape index (κ3) is 7.25. The van der Waals surface area contributed by atoms with Gasteiger partial charge in [0.15, 0.2) is 0 Å². The highest BCUT2D eigenvalue weighted by Crippen LogP contribution is 2.16. The molecule has 0 saturated carbocycles. The number of hydrogen-bond donors (Lipinski definition) is 1. The van der Waals surface area contributed by atoms with Crippen LogP contribution in [0.5, 0.6) is 0 Å². The summed E-state index contributed by atoms with van der Waals surface area (Å²) in [5.41, 5.74) is 0. The maximum Gasteiger partial charge on any atom is 0.211 e. The van der Waals surface area contributed by atoms with Gasteiger partial charge in [0, 0.05) is 20.2 Å². The second-order valence-electron chi connectivity index (χ2n) is 5.80. The van der Waals surface area contributed by atoms with Crippen molar-refractivity contribution in [2.24, 2.45) is 11.8 Å². The van der Waals surface area contributed by atoms with Crippen LogP contribution in [0, 0.1) is 11.8 Å². The first-order valence-corrected chi connectivity index (χ1v) is 8.77. The third-order valence-electron chi connectivity index (χ3n) is 3.46. The summed E-state index contributed by atoms with van der Waals surface area (Å²) in [6.07, 6.45) is 2.13. The zero-order chi connectivity index (χ0) is 14.3. The summed E-state index contributed by atoms with van der Waals surface area (Å²) in [5.74, 6) is 0.869. The molecule has 19 heavy (non-hydrogen) atoms. The number of rotatable bonds is 8. The van der Waals surface area contributed by atoms with Crippen LogP contribution in [0.1, 0.15) is 26.7 Å². The Morgan fingerprint density at radius 2 is 1.95 bits per heavy atom. The lowest BCUT2D eigenvalue weighted by Gasteiger charge is -2.31. The van der Waals surface area contributed by atoms with E-state index in [9.17, 15) is 8.42 Å². The van der Waals surface area contributed by atoms with E-state index in [4.69, 9.17) is 4.74 Å². The lowest BCUT2D eigenvalue weighted by atomic mass is 9.97. The van der Waals surface area contributed by atoms with E-state index in [0.717, 1.165) is 39.1 Å². The van der Waals surface area contributed by atoms with Crippen molar-refractivity contribution in [1.29, 1.82) is 0 Å². The summed E-state index contributed by atoms with van der Waals surface area (Å²) in [6.45, 7) is 8.27. The smallest absolute Gasteiger partial charge is 0.211 e. The highest BCUT2D eigenvalue weighted by molar-refractivity contribution is 7.89. The Hall–Kier alpha value is -0.170. The van der Waals surface area contributed by atoms with E-state index in [-0.39, 0.29) is 11.7 Å². The normalized spacial score (nSPS) is 19.2. The van der Waals surface area contributed by atoms with Crippen molar-refractivity contribution in [1.82, 2.24) is 9.62 Å². The van der Waals surface area contributed by atoms with Crippen LogP contribution in [0.15, 0.2) is 0 Å². The van der Waals surface area contributed by atoms with Gasteiger partial charge in [-0.3, -0.25) is 0 Å². The number of ether oxygens (including phenoxy) is 1. The largest absolute Gasteiger partial charge is 0.383 e. The van der Waals surface area contributed by atoms with Crippen LogP contribution >= 0.6 is 0 Å². The molecule has 1 N–H and O–H groups in total. The van der Waals surface area contributed by atoms with Gasteiger partial charge in [0.1, 0.15) is 0 Å². The van der Waals surface area contributed by atoms with E-state index in [2.05, 4.69) is 9.62 Å². The number of piperidine rings is 1.